The summed E-state index contributed by atoms with van der Waals surface area (Å²) in [5.74, 6) is -1.24. The maximum atomic E-state index is 12.2. The summed E-state index contributed by atoms with van der Waals surface area (Å²) in [6.45, 7) is 4.82. The minimum atomic E-state index is -5.77. The molecule has 3 aromatic heterocycles. The van der Waals surface area contributed by atoms with Gasteiger partial charge in [-0.05, 0) is 97.8 Å². The number of nitrogens with zero attached hydrogens (tertiary/aromatic N) is 1. The number of carbonyl (C=O) groups is 3. The minimum Gasteiger partial charge on any atom is -1.00 e. The number of furan rings is 3. The van der Waals surface area contributed by atoms with Crippen molar-refractivity contribution in [3.8, 4) is 23.0 Å². The number of benzene rings is 5. The topological polar surface area (TPSA) is 280 Å². The molecule has 0 amide bonds. The van der Waals surface area contributed by atoms with Gasteiger partial charge in [0.1, 0.15) is 34.0 Å². The Morgan fingerprint density at radius 1 is 0.633 bits per heavy atom. The molecule has 0 aliphatic carbocycles. The molecule has 4 N–H and O–H groups in total. The van der Waals surface area contributed by atoms with Crippen LogP contribution in [0.5, 0.6) is 23.0 Å². The van der Waals surface area contributed by atoms with Crippen LogP contribution >= 0.6 is 0 Å². The molecule has 419 valence electrons. The Bertz CT molecular complexity index is 3510. The van der Waals surface area contributed by atoms with Crippen LogP contribution in [0.4, 0.5) is 32.0 Å². The van der Waals surface area contributed by atoms with Crippen molar-refractivity contribution in [3.63, 3.8) is 0 Å². The van der Waals surface area contributed by atoms with E-state index in [0.717, 1.165) is 13.1 Å². The van der Waals surface area contributed by atoms with E-state index in [9.17, 15) is 67.8 Å². The van der Waals surface area contributed by atoms with Crippen molar-refractivity contribution in [2.45, 2.75) is 51.4 Å². The molecule has 5 aromatic carbocycles. The Labute approximate surface area is 470 Å². The third kappa shape index (κ3) is 19.0. The van der Waals surface area contributed by atoms with Crippen LogP contribution in [0.1, 0.15) is 49.2 Å². The Morgan fingerprint density at radius 3 is 1.63 bits per heavy atom. The number of anilines is 1. The second-order valence-corrected chi connectivity index (χ2v) is 18.7. The number of aliphatic hydroxyl groups is 2. The van der Waals surface area contributed by atoms with Gasteiger partial charge in [0, 0.05) is 36.9 Å². The van der Waals surface area contributed by atoms with E-state index in [-0.39, 0.29) is 113 Å². The number of aliphatic hydroxyl groups excluding tert-OH is 2. The van der Waals surface area contributed by atoms with Crippen molar-refractivity contribution in [1.29, 1.82) is 0 Å². The monoisotopic (exact) mass is 1160 g/mol. The average molecular weight is 1160 g/mol. The average Bonchev–Trinajstić information content (AvgIpc) is 4.17. The number of aromatic hydroxyl groups is 2. The van der Waals surface area contributed by atoms with Gasteiger partial charge >= 0.3 is 67.9 Å². The van der Waals surface area contributed by atoms with Crippen LogP contribution in [0.2, 0.25) is 0 Å². The van der Waals surface area contributed by atoms with Crippen molar-refractivity contribution >= 4 is 94.0 Å². The van der Waals surface area contributed by atoms with Gasteiger partial charge < -0.3 is 53.5 Å². The fraction of sp³-hybridized carbons (Fsp3) is 0.220. The third-order valence-electron chi connectivity index (χ3n) is 9.75. The fourth-order valence-corrected chi connectivity index (χ4v) is 7.37. The van der Waals surface area contributed by atoms with Gasteiger partial charge in [-0.15, -0.1) is 0 Å². The number of alkyl halides is 6. The standard InChI is InChI=1S/C13H12O5.C10H7F3O5S.C10H12O3.C9H8O3.C8H8F3NO2S.Al.Li.H/c1-3-16-13(15)9-6-11-10(4-5-17-11)12(7-9)18-8(2)14;11-10(12,13)19(15,16)18-9-4-6(5-14)3-8-7(9)1-2-17-8;1-2-13-10(12)7-8-5-3-4-6-9(8)11;10-5-6-3-8(11)7-1-2-12-9(7)4-6;1-12(7-5-3-2-4-6-7)15(13,14)8(9,10)11;;;/h4-7H,3H2,1-2H3;1-4,14H,5H2;3-6,11H,2,7H2,1H3;1-4,10-11H,5H2;2-6H,1H3;;;/q;;;;;;+1;-1. The Morgan fingerprint density at radius 2 is 1.13 bits per heavy atom. The van der Waals surface area contributed by atoms with Gasteiger partial charge in [-0.1, -0.05) is 36.4 Å². The van der Waals surface area contributed by atoms with E-state index in [4.69, 9.17) is 37.7 Å². The first-order valence-corrected chi connectivity index (χ1v) is 24.8. The van der Waals surface area contributed by atoms with Gasteiger partial charge in [-0.2, -0.15) is 43.2 Å². The molecule has 8 rings (SSSR count). The van der Waals surface area contributed by atoms with E-state index < -0.39 is 55.5 Å². The van der Waals surface area contributed by atoms with Crippen molar-refractivity contribution in [3.05, 3.63) is 150 Å². The summed E-state index contributed by atoms with van der Waals surface area (Å²) in [6.07, 6.45) is 4.26. The Kier molecular flexibility index (Phi) is 26.1. The van der Waals surface area contributed by atoms with Crippen LogP contribution in [0.15, 0.2) is 141 Å². The summed E-state index contributed by atoms with van der Waals surface area (Å²) in [5.41, 5.74) is -7.97. The number of phenolic OH excluding ortho intramolecular Hbond substituents is 2. The maximum Gasteiger partial charge on any atom is 1.00 e. The van der Waals surface area contributed by atoms with Crippen LogP contribution in [0.25, 0.3) is 32.9 Å². The number of fused-ring (bicyclic) bond motifs is 3. The molecular formula is C50H48AlF6LiNO18S2. The summed E-state index contributed by atoms with van der Waals surface area (Å²) in [4.78, 5) is 33.7. The molecule has 0 saturated heterocycles. The van der Waals surface area contributed by atoms with Crippen LogP contribution < -0.4 is 32.1 Å². The number of sulfonamides is 1. The molecule has 0 saturated carbocycles. The number of phenols is 2. The number of halogens is 6. The zero-order chi connectivity index (χ0) is 57.3. The van der Waals surface area contributed by atoms with Gasteiger partial charge in [0.2, 0.25) is 0 Å². The molecule has 19 nitrogen and oxygen atoms in total. The molecule has 3 heterocycles. The quantitative estimate of drug-likeness (QED) is 0.0253. The van der Waals surface area contributed by atoms with Gasteiger partial charge in [-0.3, -0.25) is 13.9 Å². The first-order valence-electron chi connectivity index (χ1n) is 22.0. The van der Waals surface area contributed by atoms with E-state index in [1.807, 2.05) is 0 Å². The molecule has 0 unspecified atom stereocenters. The van der Waals surface area contributed by atoms with E-state index >= 15 is 0 Å². The SMILES string of the molecule is CCOC(=O)Cc1ccccc1O.CCOC(=O)c1cc(OC(C)=O)c2ccoc2c1.CN(c1ccccc1)S(=O)(=O)C(F)(F)F.O=S(=O)(Oc1cc(CO)cc2occc12)C(F)(F)F.OCc1cc(O)c2ccoc2c1.[Al].[H-].[Li+]. The van der Waals surface area contributed by atoms with Crippen molar-refractivity contribution < 1.29 is 130 Å². The van der Waals surface area contributed by atoms with E-state index in [1.165, 1.54) is 74.2 Å². The van der Waals surface area contributed by atoms with E-state index in [1.54, 1.807) is 68.4 Å². The predicted molar refractivity (Wildman–Crippen MR) is 270 cm³/mol. The number of rotatable bonds is 12. The molecule has 0 atom stereocenters. The molecule has 0 spiro atoms. The Balaban J connectivity index is 0.000000500. The van der Waals surface area contributed by atoms with Gasteiger partial charge in [-0.25, -0.2) is 4.79 Å². The summed E-state index contributed by atoms with van der Waals surface area (Å²) >= 11 is 0. The molecular weight excluding hydrogens is 1110 g/mol. The first-order chi connectivity index (χ1) is 36.2. The van der Waals surface area contributed by atoms with Crippen LogP contribution in [0, 0.1) is 0 Å². The van der Waals surface area contributed by atoms with Crippen LogP contribution in [0.3, 0.4) is 0 Å². The number of esters is 3. The van der Waals surface area contributed by atoms with Crippen molar-refractivity contribution in [1.82, 2.24) is 0 Å². The van der Waals surface area contributed by atoms with E-state index in [0.29, 0.717) is 39.7 Å². The number of para-hydroxylation sites is 2. The molecule has 3 radical (unpaired) electrons. The summed E-state index contributed by atoms with van der Waals surface area (Å²) in [7, 11) is -10.2. The molecule has 0 aliphatic heterocycles. The van der Waals surface area contributed by atoms with Gasteiger partial charge in [0.05, 0.1) is 79.0 Å². The molecule has 79 heavy (non-hydrogen) atoms. The Hall–Kier alpha value is -7.14. The van der Waals surface area contributed by atoms with Crippen LogP contribution in [-0.2, 0) is 58.8 Å². The molecule has 29 heteroatoms. The summed E-state index contributed by atoms with van der Waals surface area (Å²) < 4.78 is 151. The normalized spacial score (nSPS) is 11.0. The zero-order valence-electron chi connectivity index (χ0n) is 43.3. The van der Waals surface area contributed by atoms with Gasteiger partial charge in [0.15, 0.2) is 5.75 Å². The number of hydrogen-bond donors (Lipinski definition) is 4. The van der Waals surface area contributed by atoms with Crippen molar-refractivity contribution in [2.24, 2.45) is 0 Å². The number of ether oxygens (including phenoxy) is 3. The molecule has 8 aromatic rings. The van der Waals surface area contributed by atoms with Crippen molar-refractivity contribution in [2.75, 3.05) is 24.6 Å². The predicted octanol–water partition coefficient (Wildman–Crippen LogP) is 6.52. The molecule has 0 bridgehead atoms. The van der Waals surface area contributed by atoms with Crippen LogP contribution in [-0.4, -0.2) is 104 Å². The summed E-state index contributed by atoms with van der Waals surface area (Å²) in [5, 5.41) is 37.8. The van der Waals surface area contributed by atoms with Gasteiger partial charge in [0.25, 0.3) is 0 Å². The number of carbonyl (C=O) groups excluding carboxylic acids is 3. The number of hydrogen-bond acceptors (Lipinski definition) is 18. The first kappa shape index (κ1) is 68.0. The maximum absolute atomic E-state index is 12.2. The second kappa shape index (κ2) is 30.3. The largest absolute Gasteiger partial charge is 1.00 e. The smallest absolute Gasteiger partial charge is 1.00 e. The fourth-order valence-electron chi connectivity index (χ4n) is 6.19. The zero-order valence-corrected chi connectivity index (χ0v) is 45.1. The second-order valence-electron chi connectivity index (χ2n) is 15.2. The van der Waals surface area contributed by atoms with E-state index in [2.05, 4.69) is 4.18 Å². The molecule has 0 fully saturated rings. The third-order valence-corrected chi connectivity index (χ3v) is 12.2. The summed E-state index contributed by atoms with van der Waals surface area (Å²) in [6, 6.07) is 27.0. The minimum absolute atomic E-state index is 0. The molecule has 0 aliphatic rings.